The van der Waals surface area contributed by atoms with Crippen LogP contribution in [0.25, 0.3) is 0 Å². The molecule has 0 saturated carbocycles. The van der Waals surface area contributed by atoms with E-state index in [0.717, 1.165) is 18.5 Å². The van der Waals surface area contributed by atoms with Crippen LogP contribution in [-0.4, -0.2) is 64.0 Å². The lowest BCUT2D eigenvalue weighted by Gasteiger charge is -2.47. The third kappa shape index (κ3) is 3.41. The lowest BCUT2D eigenvalue weighted by atomic mass is 9.89. The first-order valence-electron chi connectivity index (χ1n) is 9.26. The summed E-state index contributed by atoms with van der Waals surface area (Å²) in [5.74, 6) is -0.353. The lowest BCUT2D eigenvalue weighted by molar-refractivity contribution is -0.0870. The zero-order valence-corrected chi connectivity index (χ0v) is 15.7. The number of amides is 1. The summed E-state index contributed by atoms with van der Waals surface area (Å²) >= 11 is 0. The fourth-order valence-electron chi connectivity index (χ4n) is 3.92. The molecule has 4 rings (SSSR count). The Hall–Kier alpha value is -2.48. The summed E-state index contributed by atoms with van der Waals surface area (Å²) in [6, 6.07) is 3.52. The quantitative estimate of drug-likeness (QED) is 0.803. The summed E-state index contributed by atoms with van der Waals surface area (Å²) < 4.78 is 21.9. The number of likely N-dealkylation sites (tertiary alicyclic amines) is 1. The fraction of sp³-hybridized carbons (Fsp3) is 0.526. The number of hydrogen-bond donors (Lipinski definition) is 0. The number of hydrogen-bond acceptors (Lipinski definition) is 5. The molecule has 7 nitrogen and oxygen atoms in total. The van der Waals surface area contributed by atoms with Gasteiger partial charge in [-0.05, 0) is 31.9 Å². The van der Waals surface area contributed by atoms with Gasteiger partial charge in [-0.1, -0.05) is 0 Å². The van der Waals surface area contributed by atoms with Gasteiger partial charge in [-0.25, -0.2) is 4.39 Å². The molecule has 8 heteroatoms. The van der Waals surface area contributed by atoms with Crippen molar-refractivity contribution >= 4 is 11.6 Å². The number of piperidine rings is 1. The maximum atomic E-state index is 14.1. The van der Waals surface area contributed by atoms with Gasteiger partial charge in [-0.2, -0.15) is 5.10 Å². The van der Waals surface area contributed by atoms with Crippen molar-refractivity contribution < 1.29 is 13.9 Å². The van der Waals surface area contributed by atoms with Gasteiger partial charge in [0, 0.05) is 45.1 Å². The minimum absolute atomic E-state index is 0.0404. The van der Waals surface area contributed by atoms with E-state index in [0.29, 0.717) is 44.2 Å². The largest absolute Gasteiger partial charge is 0.371 e. The van der Waals surface area contributed by atoms with Crippen LogP contribution in [0.15, 0.2) is 24.5 Å². The van der Waals surface area contributed by atoms with Crippen molar-refractivity contribution in [1.29, 1.82) is 0 Å². The molecule has 1 spiro atoms. The average Bonchev–Trinajstić information content (AvgIpc) is 3.01. The van der Waals surface area contributed by atoms with Crippen molar-refractivity contribution in [2.45, 2.75) is 25.4 Å². The highest BCUT2D eigenvalue weighted by atomic mass is 19.1. The van der Waals surface area contributed by atoms with Crippen LogP contribution in [0.5, 0.6) is 0 Å². The van der Waals surface area contributed by atoms with Crippen LogP contribution < -0.4 is 4.90 Å². The predicted molar refractivity (Wildman–Crippen MR) is 98.2 cm³/mol. The zero-order chi connectivity index (χ0) is 19.0. The number of aryl methyl sites for hydroxylation is 2. The third-order valence-electron chi connectivity index (χ3n) is 5.63. The van der Waals surface area contributed by atoms with E-state index in [1.54, 1.807) is 16.9 Å². The lowest BCUT2D eigenvalue weighted by Crippen LogP contribution is -2.57. The molecule has 0 aromatic carbocycles. The Kier molecular flexibility index (Phi) is 4.59. The highest BCUT2D eigenvalue weighted by molar-refractivity contribution is 5.92. The number of aromatic nitrogens is 3. The van der Waals surface area contributed by atoms with Crippen molar-refractivity contribution in [3.05, 3.63) is 41.7 Å². The summed E-state index contributed by atoms with van der Waals surface area (Å²) in [7, 11) is 1.83. The van der Waals surface area contributed by atoms with Gasteiger partial charge in [0.1, 0.15) is 0 Å². The first-order valence-corrected chi connectivity index (χ1v) is 9.26. The SMILES string of the molecule is Cc1cc(C(=O)N2CCC3(CC2)CN(c2ccncc2F)CCO3)nn1C. The van der Waals surface area contributed by atoms with Crippen molar-refractivity contribution in [2.75, 3.05) is 37.7 Å². The van der Waals surface area contributed by atoms with Gasteiger partial charge in [0.05, 0.1) is 24.1 Å². The first-order chi connectivity index (χ1) is 13.0. The van der Waals surface area contributed by atoms with Crippen LogP contribution in [-0.2, 0) is 11.8 Å². The van der Waals surface area contributed by atoms with E-state index in [9.17, 15) is 9.18 Å². The molecular weight excluding hydrogens is 349 g/mol. The number of carbonyl (C=O) groups is 1. The minimum atomic E-state index is -0.342. The molecule has 2 fully saturated rings. The van der Waals surface area contributed by atoms with E-state index in [1.807, 2.05) is 29.8 Å². The Bertz CT molecular complexity index is 825. The van der Waals surface area contributed by atoms with Gasteiger partial charge in [-0.15, -0.1) is 0 Å². The predicted octanol–water partition coefficient (Wildman–Crippen LogP) is 1.77. The third-order valence-corrected chi connectivity index (χ3v) is 5.63. The molecule has 1 amide bonds. The standard InChI is InChI=1S/C19H24FN5O2/c1-14-11-16(22-23(14)2)18(26)24-7-4-19(5-8-24)13-25(9-10-27-19)17-3-6-21-12-15(17)20/h3,6,11-12H,4-5,7-10,13H2,1-2H3. The van der Waals surface area contributed by atoms with Crippen LogP contribution >= 0.6 is 0 Å². The topological polar surface area (TPSA) is 63.5 Å². The van der Waals surface area contributed by atoms with E-state index in [4.69, 9.17) is 4.74 Å². The van der Waals surface area contributed by atoms with E-state index >= 15 is 0 Å². The van der Waals surface area contributed by atoms with Gasteiger partial charge >= 0.3 is 0 Å². The van der Waals surface area contributed by atoms with Crippen molar-refractivity contribution in [3.8, 4) is 0 Å². The Morgan fingerprint density at radius 2 is 2.07 bits per heavy atom. The maximum Gasteiger partial charge on any atom is 0.274 e. The first kappa shape index (κ1) is 17.9. The second-order valence-corrected chi connectivity index (χ2v) is 7.37. The van der Waals surface area contributed by atoms with Gasteiger partial charge in [0.15, 0.2) is 11.5 Å². The Labute approximate surface area is 157 Å². The van der Waals surface area contributed by atoms with Crippen molar-refractivity contribution in [2.24, 2.45) is 7.05 Å². The van der Waals surface area contributed by atoms with Crippen molar-refractivity contribution in [3.63, 3.8) is 0 Å². The molecule has 0 aliphatic carbocycles. The summed E-state index contributed by atoms with van der Waals surface area (Å²) in [6.07, 6.45) is 4.31. The van der Waals surface area contributed by atoms with Gasteiger partial charge in [0.2, 0.25) is 0 Å². The van der Waals surface area contributed by atoms with E-state index < -0.39 is 0 Å². The van der Waals surface area contributed by atoms with Crippen LogP contribution in [0.3, 0.4) is 0 Å². The molecule has 2 aromatic rings. The molecule has 0 radical (unpaired) electrons. The van der Waals surface area contributed by atoms with Crippen LogP contribution in [0.2, 0.25) is 0 Å². The number of nitrogens with zero attached hydrogens (tertiary/aromatic N) is 5. The number of pyridine rings is 1. The van der Waals surface area contributed by atoms with E-state index in [-0.39, 0.29) is 17.3 Å². The zero-order valence-electron chi connectivity index (χ0n) is 15.7. The molecule has 0 bridgehead atoms. The Balaban J connectivity index is 1.43. The minimum Gasteiger partial charge on any atom is -0.371 e. The molecule has 4 heterocycles. The Morgan fingerprint density at radius 3 is 2.74 bits per heavy atom. The molecule has 2 aliphatic heterocycles. The van der Waals surface area contributed by atoms with Crippen LogP contribution in [0, 0.1) is 12.7 Å². The number of anilines is 1. The smallest absolute Gasteiger partial charge is 0.274 e. The molecule has 2 aromatic heterocycles. The van der Waals surface area contributed by atoms with E-state index in [1.165, 1.54) is 6.20 Å². The highest BCUT2D eigenvalue weighted by Crippen LogP contribution is 2.33. The maximum absolute atomic E-state index is 14.1. The molecule has 0 atom stereocenters. The number of rotatable bonds is 2. The van der Waals surface area contributed by atoms with Crippen LogP contribution in [0.1, 0.15) is 29.0 Å². The van der Waals surface area contributed by atoms with Gasteiger partial charge in [-0.3, -0.25) is 14.5 Å². The summed E-state index contributed by atoms with van der Waals surface area (Å²) in [5, 5.41) is 4.29. The highest BCUT2D eigenvalue weighted by Gasteiger charge is 2.41. The second-order valence-electron chi connectivity index (χ2n) is 7.37. The number of carbonyl (C=O) groups excluding carboxylic acids is 1. The molecule has 0 N–H and O–H groups in total. The number of morpholine rings is 1. The second kappa shape index (κ2) is 6.92. The van der Waals surface area contributed by atoms with Crippen molar-refractivity contribution in [1.82, 2.24) is 19.7 Å². The monoisotopic (exact) mass is 373 g/mol. The molecule has 0 unspecified atom stereocenters. The average molecular weight is 373 g/mol. The number of halogens is 1. The summed E-state index contributed by atoms with van der Waals surface area (Å²) in [6.45, 7) is 4.98. The van der Waals surface area contributed by atoms with E-state index in [2.05, 4.69) is 10.1 Å². The fourth-order valence-corrected chi connectivity index (χ4v) is 3.92. The molecule has 144 valence electrons. The van der Waals surface area contributed by atoms with Gasteiger partial charge in [0.25, 0.3) is 5.91 Å². The summed E-state index contributed by atoms with van der Waals surface area (Å²) in [5.41, 5.74) is 1.66. The number of ether oxygens (including phenoxy) is 1. The molecular formula is C19H24FN5O2. The normalized spacial score (nSPS) is 19.5. The molecule has 2 saturated heterocycles. The molecule has 27 heavy (non-hydrogen) atoms. The Morgan fingerprint density at radius 1 is 1.30 bits per heavy atom. The molecule has 2 aliphatic rings. The summed E-state index contributed by atoms with van der Waals surface area (Å²) in [4.78, 5) is 20.4. The van der Waals surface area contributed by atoms with Gasteiger partial charge < -0.3 is 14.5 Å². The van der Waals surface area contributed by atoms with Crippen LogP contribution in [0.4, 0.5) is 10.1 Å².